The van der Waals surface area contributed by atoms with Crippen LogP contribution in [0.1, 0.15) is 19.8 Å². The molecule has 0 aliphatic carbocycles. The topological polar surface area (TPSA) is 103 Å². The molecule has 2 N–H and O–H groups in total. The Morgan fingerprint density at radius 3 is 2.39 bits per heavy atom. The molecule has 0 saturated carbocycles. The molecule has 1 aliphatic rings. The highest BCUT2D eigenvalue weighted by Gasteiger charge is 2.19. The molecule has 0 spiro atoms. The van der Waals surface area contributed by atoms with Crippen molar-refractivity contribution in [2.75, 3.05) is 36.4 Å². The van der Waals surface area contributed by atoms with Crippen LogP contribution in [0.25, 0.3) is 0 Å². The molecule has 8 nitrogen and oxygen atoms in total. The predicted molar refractivity (Wildman–Crippen MR) is 84.2 cm³/mol. The lowest BCUT2D eigenvalue weighted by Gasteiger charge is -2.34. The number of aliphatic carboxylic acids is 1. The van der Waals surface area contributed by atoms with Gasteiger partial charge in [-0.3, -0.25) is 14.4 Å². The number of carbonyl (C=O) groups excluding carboxylic acids is 2. The van der Waals surface area contributed by atoms with Gasteiger partial charge in [-0.25, -0.2) is 4.98 Å². The van der Waals surface area contributed by atoms with Gasteiger partial charge in [-0.1, -0.05) is 0 Å². The third kappa shape index (κ3) is 4.94. The fraction of sp³-hybridized carbons (Fsp3) is 0.467. The number of nitrogens with zero attached hydrogens (tertiary/aromatic N) is 3. The Balaban J connectivity index is 1.86. The minimum Gasteiger partial charge on any atom is -0.481 e. The summed E-state index contributed by atoms with van der Waals surface area (Å²) in [4.78, 5) is 41.5. The number of rotatable bonds is 5. The van der Waals surface area contributed by atoms with Crippen molar-refractivity contribution in [3.05, 3.63) is 18.3 Å². The molecule has 2 amide bonds. The molecule has 0 bridgehead atoms. The van der Waals surface area contributed by atoms with Crippen molar-refractivity contribution < 1.29 is 19.5 Å². The summed E-state index contributed by atoms with van der Waals surface area (Å²) in [5.41, 5.74) is 0.534. The summed E-state index contributed by atoms with van der Waals surface area (Å²) in [5.74, 6) is -0.482. The van der Waals surface area contributed by atoms with Crippen molar-refractivity contribution in [2.45, 2.75) is 19.8 Å². The van der Waals surface area contributed by atoms with Gasteiger partial charge in [0.15, 0.2) is 0 Å². The highest BCUT2D eigenvalue weighted by molar-refractivity contribution is 5.92. The van der Waals surface area contributed by atoms with Gasteiger partial charge in [0, 0.05) is 39.5 Å². The first kappa shape index (κ1) is 16.7. The first-order chi connectivity index (χ1) is 11.0. The number of hydrogen-bond acceptors (Lipinski definition) is 5. The van der Waals surface area contributed by atoms with Gasteiger partial charge in [0.2, 0.25) is 11.8 Å². The molecular formula is C15H20N4O4. The molecule has 1 aliphatic heterocycles. The van der Waals surface area contributed by atoms with Crippen molar-refractivity contribution in [3.63, 3.8) is 0 Å². The summed E-state index contributed by atoms with van der Waals surface area (Å²) in [6.07, 6.45) is 1.28. The number of piperazine rings is 1. The molecule has 23 heavy (non-hydrogen) atoms. The molecule has 8 heteroatoms. The van der Waals surface area contributed by atoms with Crippen LogP contribution < -0.4 is 10.2 Å². The van der Waals surface area contributed by atoms with Crippen LogP contribution in [0.3, 0.4) is 0 Å². The molecule has 2 heterocycles. The summed E-state index contributed by atoms with van der Waals surface area (Å²) < 4.78 is 0. The van der Waals surface area contributed by atoms with Gasteiger partial charge in [-0.05, 0) is 12.1 Å². The fourth-order valence-corrected chi connectivity index (χ4v) is 2.34. The molecule has 0 aromatic carbocycles. The zero-order chi connectivity index (χ0) is 16.8. The van der Waals surface area contributed by atoms with Crippen LogP contribution in [-0.4, -0.2) is 59.0 Å². The lowest BCUT2D eigenvalue weighted by Crippen LogP contribution is -2.48. The van der Waals surface area contributed by atoms with Crippen molar-refractivity contribution in [1.82, 2.24) is 9.88 Å². The smallest absolute Gasteiger partial charge is 0.303 e. The van der Waals surface area contributed by atoms with Gasteiger partial charge in [0.05, 0.1) is 18.3 Å². The number of nitrogens with one attached hydrogen (secondary N) is 1. The van der Waals surface area contributed by atoms with Crippen LogP contribution in [0.5, 0.6) is 0 Å². The number of anilines is 2. The third-order valence-corrected chi connectivity index (χ3v) is 3.65. The number of amides is 2. The Kier molecular flexibility index (Phi) is 5.51. The van der Waals surface area contributed by atoms with E-state index in [9.17, 15) is 14.4 Å². The molecule has 1 aromatic rings. The molecule has 124 valence electrons. The van der Waals surface area contributed by atoms with E-state index in [2.05, 4.69) is 15.2 Å². The van der Waals surface area contributed by atoms with E-state index in [1.54, 1.807) is 30.2 Å². The van der Waals surface area contributed by atoms with Gasteiger partial charge in [-0.15, -0.1) is 0 Å². The largest absolute Gasteiger partial charge is 0.481 e. The SMILES string of the molecule is CC(=O)N1CCN(c2ccc(NC(=O)CCC(=O)O)cn2)CC1. The maximum Gasteiger partial charge on any atom is 0.303 e. The molecule has 0 radical (unpaired) electrons. The quantitative estimate of drug-likeness (QED) is 0.821. The molecule has 1 aromatic heterocycles. The van der Waals surface area contributed by atoms with Gasteiger partial charge < -0.3 is 20.2 Å². The maximum atomic E-state index is 11.6. The molecule has 1 fully saturated rings. The lowest BCUT2D eigenvalue weighted by molar-refractivity contribution is -0.138. The van der Waals surface area contributed by atoms with Crippen LogP contribution in [0.15, 0.2) is 18.3 Å². The minimum absolute atomic E-state index is 0.0654. The highest BCUT2D eigenvalue weighted by Crippen LogP contribution is 2.16. The average Bonchev–Trinajstić information content (AvgIpc) is 2.54. The Bertz CT molecular complexity index is 580. The molecule has 0 atom stereocenters. The first-order valence-corrected chi connectivity index (χ1v) is 7.44. The number of carboxylic acids is 1. The second kappa shape index (κ2) is 7.57. The fourth-order valence-electron chi connectivity index (χ4n) is 2.34. The van der Waals surface area contributed by atoms with Gasteiger partial charge in [0.1, 0.15) is 5.82 Å². The second-order valence-electron chi connectivity index (χ2n) is 5.34. The van der Waals surface area contributed by atoms with Crippen LogP contribution in [0, 0.1) is 0 Å². The van der Waals surface area contributed by atoms with Crippen LogP contribution in [-0.2, 0) is 14.4 Å². The Morgan fingerprint density at radius 1 is 1.17 bits per heavy atom. The minimum atomic E-state index is -1.00. The monoisotopic (exact) mass is 320 g/mol. The number of carboxylic acid groups (broad SMARTS) is 1. The first-order valence-electron chi connectivity index (χ1n) is 7.44. The summed E-state index contributed by atoms with van der Waals surface area (Å²) in [7, 11) is 0. The number of pyridine rings is 1. The van der Waals surface area contributed by atoms with E-state index >= 15 is 0 Å². The predicted octanol–water partition coefficient (Wildman–Crippen LogP) is 0.553. The zero-order valence-electron chi connectivity index (χ0n) is 13.0. The maximum absolute atomic E-state index is 11.6. The number of carbonyl (C=O) groups is 3. The van der Waals surface area contributed by atoms with E-state index in [-0.39, 0.29) is 24.7 Å². The Hall–Kier alpha value is -2.64. The van der Waals surface area contributed by atoms with Crippen molar-refractivity contribution in [3.8, 4) is 0 Å². The van der Waals surface area contributed by atoms with E-state index in [0.29, 0.717) is 18.8 Å². The Labute approximate surface area is 134 Å². The van der Waals surface area contributed by atoms with Crippen LogP contribution >= 0.6 is 0 Å². The van der Waals surface area contributed by atoms with Crippen molar-refractivity contribution in [2.24, 2.45) is 0 Å². The molecule has 1 saturated heterocycles. The van der Waals surface area contributed by atoms with E-state index < -0.39 is 5.97 Å². The molecule has 0 unspecified atom stereocenters. The van der Waals surface area contributed by atoms with Gasteiger partial charge >= 0.3 is 5.97 Å². The summed E-state index contributed by atoms with van der Waals surface area (Å²) >= 11 is 0. The third-order valence-electron chi connectivity index (χ3n) is 3.65. The second-order valence-corrected chi connectivity index (χ2v) is 5.34. The lowest BCUT2D eigenvalue weighted by atomic mass is 10.2. The normalized spacial score (nSPS) is 14.5. The standard InChI is InChI=1S/C15H20N4O4/c1-11(20)18-6-8-19(9-7-18)13-3-2-12(10-16-13)17-14(21)4-5-15(22)23/h2-3,10H,4-9H2,1H3,(H,17,21)(H,22,23). The van der Waals surface area contributed by atoms with Crippen LogP contribution in [0.2, 0.25) is 0 Å². The van der Waals surface area contributed by atoms with E-state index in [1.807, 2.05) is 0 Å². The highest BCUT2D eigenvalue weighted by atomic mass is 16.4. The number of hydrogen-bond donors (Lipinski definition) is 2. The molecule has 2 rings (SSSR count). The van der Waals surface area contributed by atoms with Gasteiger partial charge in [0.25, 0.3) is 0 Å². The summed E-state index contributed by atoms with van der Waals surface area (Å²) in [6, 6.07) is 3.54. The van der Waals surface area contributed by atoms with Gasteiger partial charge in [-0.2, -0.15) is 0 Å². The molecular weight excluding hydrogens is 300 g/mol. The summed E-state index contributed by atoms with van der Waals surface area (Å²) in [5, 5.41) is 11.2. The van der Waals surface area contributed by atoms with E-state index in [1.165, 1.54) is 0 Å². The van der Waals surface area contributed by atoms with Crippen molar-refractivity contribution in [1.29, 1.82) is 0 Å². The Morgan fingerprint density at radius 2 is 1.87 bits per heavy atom. The van der Waals surface area contributed by atoms with Crippen LogP contribution in [0.4, 0.5) is 11.5 Å². The van der Waals surface area contributed by atoms with E-state index in [4.69, 9.17) is 5.11 Å². The van der Waals surface area contributed by atoms with Crippen molar-refractivity contribution >= 4 is 29.3 Å². The number of aromatic nitrogens is 1. The zero-order valence-corrected chi connectivity index (χ0v) is 13.0. The summed E-state index contributed by atoms with van der Waals surface area (Å²) in [6.45, 7) is 4.35. The average molecular weight is 320 g/mol. The van der Waals surface area contributed by atoms with E-state index in [0.717, 1.165) is 18.9 Å².